The highest BCUT2D eigenvalue weighted by Crippen LogP contribution is 2.16. The molecule has 1 heterocycles. The second-order valence-electron chi connectivity index (χ2n) is 6.80. The number of rotatable bonds is 8. The van der Waals surface area contributed by atoms with E-state index in [1.54, 1.807) is 7.11 Å². The molecule has 25 heavy (non-hydrogen) atoms. The number of nitrogens with zero attached hydrogens (tertiary/aromatic N) is 2. The van der Waals surface area contributed by atoms with Crippen LogP contribution in [0.5, 0.6) is 0 Å². The van der Waals surface area contributed by atoms with Gasteiger partial charge in [-0.1, -0.05) is 30.7 Å². The maximum Gasteiger partial charge on any atom is 0.191 e. The highest BCUT2D eigenvalue weighted by atomic mass is 16.5. The third-order valence-corrected chi connectivity index (χ3v) is 4.51. The predicted octanol–water partition coefficient (Wildman–Crippen LogP) is 2.76. The smallest absolute Gasteiger partial charge is 0.191 e. The van der Waals surface area contributed by atoms with E-state index in [1.807, 2.05) is 0 Å². The molecule has 5 nitrogen and oxygen atoms in total. The number of guanidine groups is 1. The molecule has 1 aromatic rings. The largest absolute Gasteiger partial charge is 0.383 e. The van der Waals surface area contributed by atoms with E-state index in [1.165, 1.54) is 43.5 Å². The van der Waals surface area contributed by atoms with Gasteiger partial charge in [-0.05, 0) is 50.9 Å². The molecule has 1 aliphatic heterocycles. The average molecular weight is 347 g/mol. The lowest BCUT2D eigenvalue weighted by Crippen LogP contribution is -2.43. The van der Waals surface area contributed by atoms with Gasteiger partial charge >= 0.3 is 0 Å². The number of aliphatic imine (C=N–C) groups is 1. The van der Waals surface area contributed by atoms with E-state index in [-0.39, 0.29) is 6.04 Å². The molecular weight excluding hydrogens is 312 g/mol. The van der Waals surface area contributed by atoms with Crippen molar-refractivity contribution in [3.8, 4) is 0 Å². The van der Waals surface area contributed by atoms with Crippen LogP contribution in [-0.2, 0) is 17.8 Å². The fraction of sp³-hybridized carbons (Fsp3) is 0.650. The Morgan fingerprint density at radius 1 is 1.20 bits per heavy atom. The SMILES string of the molecule is CCNC(=NCc1ccccc1CN1CCCCC1)NC(C)COC. The lowest BCUT2D eigenvalue weighted by atomic mass is 10.1. The number of methoxy groups -OCH3 is 1. The van der Waals surface area contributed by atoms with Crippen molar-refractivity contribution in [2.45, 2.75) is 52.2 Å². The van der Waals surface area contributed by atoms with Crippen molar-refractivity contribution in [2.24, 2.45) is 4.99 Å². The molecule has 0 bridgehead atoms. The summed E-state index contributed by atoms with van der Waals surface area (Å²) in [4.78, 5) is 7.35. The number of hydrogen-bond acceptors (Lipinski definition) is 3. The summed E-state index contributed by atoms with van der Waals surface area (Å²) in [6.07, 6.45) is 4.03. The van der Waals surface area contributed by atoms with E-state index in [2.05, 4.69) is 53.6 Å². The van der Waals surface area contributed by atoms with Gasteiger partial charge in [0.25, 0.3) is 0 Å². The molecule has 1 saturated heterocycles. The molecule has 2 rings (SSSR count). The number of ether oxygens (including phenoxy) is 1. The molecule has 140 valence electrons. The molecule has 1 atom stereocenters. The van der Waals surface area contributed by atoms with Gasteiger partial charge in [0.15, 0.2) is 5.96 Å². The van der Waals surface area contributed by atoms with Gasteiger partial charge in [0.1, 0.15) is 0 Å². The minimum atomic E-state index is 0.228. The van der Waals surface area contributed by atoms with Crippen molar-refractivity contribution >= 4 is 5.96 Å². The van der Waals surface area contributed by atoms with Crippen LogP contribution in [0.25, 0.3) is 0 Å². The third-order valence-electron chi connectivity index (χ3n) is 4.51. The molecule has 0 saturated carbocycles. The first kappa shape index (κ1) is 19.7. The van der Waals surface area contributed by atoms with Crippen LogP contribution in [-0.4, -0.2) is 50.3 Å². The van der Waals surface area contributed by atoms with Crippen LogP contribution in [0, 0.1) is 0 Å². The normalized spacial score (nSPS) is 17.3. The Balaban J connectivity index is 2.01. The maximum absolute atomic E-state index is 5.20. The van der Waals surface area contributed by atoms with Crippen LogP contribution >= 0.6 is 0 Å². The minimum Gasteiger partial charge on any atom is -0.383 e. The Labute approximate surface area is 152 Å². The highest BCUT2D eigenvalue weighted by molar-refractivity contribution is 5.80. The summed E-state index contributed by atoms with van der Waals surface area (Å²) in [6.45, 7) is 9.86. The summed E-state index contributed by atoms with van der Waals surface area (Å²) in [5.74, 6) is 0.847. The topological polar surface area (TPSA) is 48.9 Å². The van der Waals surface area contributed by atoms with Gasteiger partial charge in [-0.25, -0.2) is 4.99 Å². The van der Waals surface area contributed by atoms with Crippen LogP contribution in [0.4, 0.5) is 0 Å². The van der Waals surface area contributed by atoms with E-state index < -0.39 is 0 Å². The van der Waals surface area contributed by atoms with Crippen LogP contribution < -0.4 is 10.6 Å². The summed E-state index contributed by atoms with van der Waals surface area (Å²) < 4.78 is 5.20. The van der Waals surface area contributed by atoms with Gasteiger partial charge in [-0.15, -0.1) is 0 Å². The van der Waals surface area contributed by atoms with E-state index in [0.717, 1.165) is 19.0 Å². The van der Waals surface area contributed by atoms with Gasteiger partial charge in [-0.3, -0.25) is 4.90 Å². The molecule has 0 aromatic heterocycles. The molecule has 1 aliphatic rings. The maximum atomic E-state index is 5.20. The van der Waals surface area contributed by atoms with Crippen molar-refractivity contribution < 1.29 is 4.74 Å². The quantitative estimate of drug-likeness (QED) is 0.561. The van der Waals surface area contributed by atoms with E-state index in [9.17, 15) is 0 Å². The molecule has 1 fully saturated rings. The van der Waals surface area contributed by atoms with Gasteiger partial charge in [-0.2, -0.15) is 0 Å². The van der Waals surface area contributed by atoms with Gasteiger partial charge in [0.2, 0.25) is 0 Å². The van der Waals surface area contributed by atoms with Crippen LogP contribution in [0.15, 0.2) is 29.3 Å². The number of benzene rings is 1. The van der Waals surface area contributed by atoms with E-state index in [4.69, 9.17) is 9.73 Å². The van der Waals surface area contributed by atoms with Crippen LogP contribution in [0.3, 0.4) is 0 Å². The highest BCUT2D eigenvalue weighted by Gasteiger charge is 2.12. The molecule has 0 spiro atoms. The van der Waals surface area contributed by atoms with Gasteiger partial charge in [0.05, 0.1) is 13.2 Å². The summed E-state index contributed by atoms with van der Waals surface area (Å²) in [6, 6.07) is 8.92. The second-order valence-corrected chi connectivity index (χ2v) is 6.80. The Morgan fingerprint density at radius 3 is 2.60 bits per heavy atom. The number of piperidine rings is 1. The summed E-state index contributed by atoms with van der Waals surface area (Å²) >= 11 is 0. The number of likely N-dealkylation sites (tertiary alicyclic amines) is 1. The Hall–Kier alpha value is -1.59. The first-order chi connectivity index (χ1) is 12.2. The zero-order valence-corrected chi connectivity index (χ0v) is 16.1. The Bertz CT molecular complexity index is 526. The van der Waals surface area contributed by atoms with Crippen LogP contribution in [0.1, 0.15) is 44.2 Å². The minimum absolute atomic E-state index is 0.228. The third kappa shape index (κ3) is 7.04. The van der Waals surface area contributed by atoms with Crippen molar-refractivity contribution in [3.63, 3.8) is 0 Å². The summed E-state index contributed by atoms with van der Waals surface area (Å²) in [7, 11) is 1.72. The zero-order valence-electron chi connectivity index (χ0n) is 16.1. The van der Waals surface area contributed by atoms with Gasteiger partial charge < -0.3 is 15.4 Å². The van der Waals surface area contributed by atoms with Gasteiger partial charge in [0, 0.05) is 26.2 Å². The second kappa shape index (κ2) is 11.1. The standard InChI is InChI=1S/C20H34N4O/c1-4-21-20(23-17(2)16-25-3)22-14-18-10-6-7-11-19(18)15-24-12-8-5-9-13-24/h6-7,10-11,17H,4-5,8-9,12-16H2,1-3H3,(H2,21,22,23). The molecule has 0 amide bonds. The Morgan fingerprint density at radius 2 is 1.92 bits per heavy atom. The fourth-order valence-corrected chi connectivity index (χ4v) is 3.23. The molecule has 5 heteroatoms. The van der Waals surface area contributed by atoms with Crippen molar-refractivity contribution in [2.75, 3.05) is 33.4 Å². The van der Waals surface area contributed by atoms with Crippen molar-refractivity contribution in [3.05, 3.63) is 35.4 Å². The summed E-state index contributed by atoms with van der Waals surface area (Å²) in [5, 5.41) is 6.71. The zero-order chi connectivity index (χ0) is 17.9. The number of nitrogens with one attached hydrogen (secondary N) is 2. The van der Waals surface area contributed by atoms with E-state index in [0.29, 0.717) is 13.2 Å². The van der Waals surface area contributed by atoms with Crippen LogP contribution in [0.2, 0.25) is 0 Å². The predicted molar refractivity (Wildman–Crippen MR) is 105 cm³/mol. The Kier molecular flexibility index (Phi) is 8.77. The fourth-order valence-electron chi connectivity index (χ4n) is 3.23. The number of hydrogen-bond donors (Lipinski definition) is 2. The first-order valence-corrected chi connectivity index (χ1v) is 9.55. The van der Waals surface area contributed by atoms with Crippen molar-refractivity contribution in [1.29, 1.82) is 0 Å². The summed E-state index contributed by atoms with van der Waals surface area (Å²) in [5.41, 5.74) is 2.71. The molecule has 1 aromatic carbocycles. The molecular formula is C20H34N4O. The monoisotopic (exact) mass is 346 g/mol. The molecule has 0 radical (unpaired) electrons. The lowest BCUT2D eigenvalue weighted by molar-refractivity contribution is 0.179. The van der Waals surface area contributed by atoms with E-state index >= 15 is 0 Å². The molecule has 1 unspecified atom stereocenters. The lowest BCUT2D eigenvalue weighted by Gasteiger charge is -2.27. The van der Waals surface area contributed by atoms with Crippen molar-refractivity contribution in [1.82, 2.24) is 15.5 Å². The molecule has 2 N–H and O–H groups in total. The first-order valence-electron chi connectivity index (χ1n) is 9.55. The average Bonchev–Trinajstić information content (AvgIpc) is 2.62. The molecule has 0 aliphatic carbocycles.